The summed E-state index contributed by atoms with van der Waals surface area (Å²) in [4.78, 5) is 12.7. The van der Waals surface area contributed by atoms with Crippen molar-refractivity contribution in [1.29, 1.82) is 0 Å². The summed E-state index contributed by atoms with van der Waals surface area (Å²) in [5.74, 6) is 1.28. The van der Waals surface area contributed by atoms with E-state index in [4.69, 9.17) is 4.74 Å². The lowest BCUT2D eigenvalue weighted by Crippen LogP contribution is -2.48. The first kappa shape index (κ1) is 18.9. The van der Waals surface area contributed by atoms with Gasteiger partial charge in [-0.1, -0.05) is 27.7 Å². The second-order valence-corrected chi connectivity index (χ2v) is 9.50. The highest BCUT2D eigenvalue weighted by Crippen LogP contribution is 2.52. The van der Waals surface area contributed by atoms with Crippen molar-refractivity contribution in [2.75, 3.05) is 13.3 Å². The van der Waals surface area contributed by atoms with Crippen molar-refractivity contribution in [1.82, 2.24) is 0 Å². The van der Waals surface area contributed by atoms with Crippen LogP contribution in [0, 0.1) is 11.8 Å². The molecule has 0 N–H and O–H groups in total. The lowest BCUT2D eigenvalue weighted by Gasteiger charge is -2.46. The predicted octanol–water partition coefficient (Wildman–Crippen LogP) is 5.74. The topological polar surface area (TPSA) is 26.3 Å². The third kappa shape index (κ3) is 3.27. The molecule has 0 radical (unpaired) electrons. The van der Waals surface area contributed by atoms with Crippen molar-refractivity contribution >= 4 is 21.7 Å². The zero-order valence-corrected chi connectivity index (χ0v) is 17.2. The molecule has 1 unspecified atom stereocenters. The van der Waals surface area contributed by atoms with Gasteiger partial charge in [0.2, 0.25) is 0 Å². The van der Waals surface area contributed by atoms with Crippen LogP contribution in [0.5, 0.6) is 5.75 Å². The largest absolute Gasteiger partial charge is 0.492 e. The zero-order valence-electron chi connectivity index (χ0n) is 15.6. The van der Waals surface area contributed by atoms with E-state index in [-0.39, 0.29) is 17.1 Å². The highest BCUT2D eigenvalue weighted by atomic mass is 79.9. The van der Waals surface area contributed by atoms with Crippen LogP contribution in [0.3, 0.4) is 0 Å². The van der Waals surface area contributed by atoms with Gasteiger partial charge in [-0.05, 0) is 82.1 Å². The number of rotatable bonds is 6. The summed E-state index contributed by atoms with van der Waals surface area (Å²) in [6.07, 6.45) is 4.06. The zero-order chi connectivity index (χ0) is 18.4. The molecular formula is C21H28BrFO2. The first-order chi connectivity index (χ1) is 11.7. The minimum atomic E-state index is -0.907. The number of carbonyl (C=O) groups excluding carboxylic acids is 1. The van der Waals surface area contributed by atoms with Gasteiger partial charge in [0.25, 0.3) is 0 Å². The number of alkyl halides is 1. The van der Waals surface area contributed by atoms with Crippen LogP contribution in [0.15, 0.2) is 16.6 Å². The fourth-order valence-corrected chi connectivity index (χ4v) is 4.65. The number of hydrogen-bond donors (Lipinski definition) is 0. The Bertz CT molecular complexity index is 679. The average Bonchev–Trinajstić information content (AvgIpc) is 3.37. The van der Waals surface area contributed by atoms with Gasteiger partial charge in [-0.2, -0.15) is 0 Å². The fourth-order valence-electron chi connectivity index (χ4n) is 4.19. The van der Waals surface area contributed by atoms with E-state index in [2.05, 4.69) is 35.8 Å². The van der Waals surface area contributed by atoms with Crippen molar-refractivity contribution in [2.24, 2.45) is 11.8 Å². The molecule has 25 heavy (non-hydrogen) atoms. The molecule has 2 aliphatic rings. The summed E-state index contributed by atoms with van der Waals surface area (Å²) >= 11 is 3.63. The van der Waals surface area contributed by atoms with E-state index in [1.807, 2.05) is 19.9 Å². The standard InChI is InChI=1S/C21H28BrFO2/c1-13(2)21(19(24)11-23)8-7-20(3,4)15-10-18(17(22)9-16(15)21)25-12-14-5-6-14/h9-10,13-14H,5-8,11-12H2,1-4H3. The number of ketones is 1. The van der Waals surface area contributed by atoms with E-state index in [1.54, 1.807) is 0 Å². The Morgan fingerprint density at radius 1 is 1.28 bits per heavy atom. The SMILES string of the molecule is CC(C)C1(C(=O)CF)CCC(C)(C)c2cc(OCC3CC3)c(Br)cc21. The molecule has 1 fully saturated rings. The minimum absolute atomic E-state index is 0.0516. The lowest BCUT2D eigenvalue weighted by atomic mass is 9.56. The fraction of sp³-hybridized carbons (Fsp3) is 0.667. The van der Waals surface area contributed by atoms with Crippen LogP contribution in [0.1, 0.15) is 64.5 Å². The normalized spacial score (nSPS) is 24.9. The van der Waals surface area contributed by atoms with Crippen LogP contribution in [-0.4, -0.2) is 19.1 Å². The van der Waals surface area contributed by atoms with Crippen molar-refractivity contribution in [3.8, 4) is 5.75 Å². The molecule has 0 bridgehead atoms. The number of halogens is 2. The van der Waals surface area contributed by atoms with Gasteiger partial charge in [-0.3, -0.25) is 4.79 Å². The van der Waals surface area contributed by atoms with E-state index < -0.39 is 12.1 Å². The van der Waals surface area contributed by atoms with Gasteiger partial charge in [-0.15, -0.1) is 0 Å². The second-order valence-electron chi connectivity index (χ2n) is 8.65. The van der Waals surface area contributed by atoms with Gasteiger partial charge in [0.05, 0.1) is 16.5 Å². The van der Waals surface area contributed by atoms with E-state index >= 15 is 0 Å². The minimum Gasteiger partial charge on any atom is -0.492 e. The van der Waals surface area contributed by atoms with Gasteiger partial charge in [-0.25, -0.2) is 4.39 Å². The first-order valence-corrected chi connectivity index (χ1v) is 10.1. The molecule has 1 aromatic carbocycles. The molecule has 1 aromatic rings. The summed E-state index contributed by atoms with van der Waals surface area (Å²) in [7, 11) is 0. The molecule has 0 heterocycles. The Balaban J connectivity index is 2.11. The quantitative estimate of drug-likeness (QED) is 0.597. The number of Topliss-reactive ketones (excluding diaryl/α,β-unsaturated/α-hetero) is 1. The van der Waals surface area contributed by atoms with Crippen molar-refractivity contribution < 1.29 is 13.9 Å². The van der Waals surface area contributed by atoms with Crippen molar-refractivity contribution in [3.05, 3.63) is 27.7 Å². The molecule has 138 valence electrons. The molecule has 2 aliphatic carbocycles. The Labute approximate surface area is 158 Å². The molecular weight excluding hydrogens is 383 g/mol. The summed E-state index contributed by atoms with van der Waals surface area (Å²) in [6.45, 7) is 8.30. The molecule has 0 spiro atoms. The van der Waals surface area contributed by atoms with Gasteiger partial charge in [0.1, 0.15) is 12.4 Å². The lowest BCUT2D eigenvalue weighted by molar-refractivity contribution is -0.128. The number of hydrogen-bond acceptors (Lipinski definition) is 2. The molecule has 1 saturated carbocycles. The van der Waals surface area contributed by atoms with Crippen molar-refractivity contribution in [3.63, 3.8) is 0 Å². The summed E-state index contributed by atoms with van der Waals surface area (Å²) in [5.41, 5.74) is 1.31. The van der Waals surface area contributed by atoms with Crippen LogP contribution in [0.4, 0.5) is 4.39 Å². The maximum atomic E-state index is 13.5. The van der Waals surface area contributed by atoms with Gasteiger partial charge >= 0.3 is 0 Å². The summed E-state index contributed by atoms with van der Waals surface area (Å²) in [5, 5.41) is 0. The maximum Gasteiger partial charge on any atom is 0.174 e. The number of benzene rings is 1. The monoisotopic (exact) mass is 410 g/mol. The third-order valence-corrected chi connectivity index (χ3v) is 6.82. The van der Waals surface area contributed by atoms with Gasteiger partial charge < -0.3 is 4.74 Å². The van der Waals surface area contributed by atoms with Gasteiger partial charge in [0.15, 0.2) is 5.78 Å². The molecule has 0 aromatic heterocycles. The average molecular weight is 411 g/mol. The summed E-state index contributed by atoms with van der Waals surface area (Å²) < 4.78 is 20.4. The Morgan fingerprint density at radius 2 is 1.96 bits per heavy atom. The second kappa shape index (κ2) is 6.68. The van der Waals surface area contributed by atoms with E-state index in [9.17, 15) is 9.18 Å². The van der Waals surface area contributed by atoms with E-state index in [0.717, 1.165) is 34.4 Å². The maximum absolute atomic E-state index is 13.5. The third-order valence-electron chi connectivity index (χ3n) is 6.20. The number of fused-ring (bicyclic) bond motifs is 1. The first-order valence-electron chi connectivity index (χ1n) is 9.29. The molecule has 0 amide bonds. The molecule has 0 aliphatic heterocycles. The van der Waals surface area contributed by atoms with Crippen LogP contribution < -0.4 is 4.74 Å². The van der Waals surface area contributed by atoms with Crippen LogP contribution in [0.2, 0.25) is 0 Å². The Morgan fingerprint density at radius 3 is 2.52 bits per heavy atom. The van der Waals surface area contributed by atoms with Crippen LogP contribution >= 0.6 is 15.9 Å². The number of carbonyl (C=O) groups is 1. The van der Waals surface area contributed by atoms with E-state index in [1.165, 1.54) is 12.8 Å². The van der Waals surface area contributed by atoms with E-state index in [0.29, 0.717) is 12.3 Å². The molecule has 0 saturated heterocycles. The Hall–Kier alpha value is -0.900. The summed E-state index contributed by atoms with van der Waals surface area (Å²) in [6, 6.07) is 4.11. The highest BCUT2D eigenvalue weighted by molar-refractivity contribution is 9.10. The molecule has 3 rings (SSSR count). The smallest absolute Gasteiger partial charge is 0.174 e. The van der Waals surface area contributed by atoms with Crippen molar-refractivity contribution in [2.45, 2.75) is 64.2 Å². The van der Waals surface area contributed by atoms with Crippen LogP contribution in [-0.2, 0) is 15.6 Å². The number of ether oxygens (including phenoxy) is 1. The predicted molar refractivity (Wildman–Crippen MR) is 102 cm³/mol. The van der Waals surface area contributed by atoms with Crippen LogP contribution in [0.25, 0.3) is 0 Å². The van der Waals surface area contributed by atoms with Gasteiger partial charge in [0, 0.05) is 0 Å². The molecule has 1 atom stereocenters. The molecule has 4 heteroatoms. The Kier molecular flexibility index (Phi) is 5.04. The molecule has 2 nitrogen and oxygen atoms in total. The highest BCUT2D eigenvalue weighted by Gasteiger charge is 2.49.